The zero-order chi connectivity index (χ0) is 14.9. The maximum absolute atomic E-state index is 12.7. The molecule has 0 saturated carbocycles. The lowest BCUT2D eigenvalue weighted by Gasteiger charge is -2.30. The molecule has 2 atom stereocenters. The molecule has 0 radical (unpaired) electrons. The second-order valence-electron chi connectivity index (χ2n) is 5.59. The van der Waals surface area contributed by atoms with Crippen molar-refractivity contribution >= 4 is 33.2 Å². The lowest BCUT2D eigenvalue weighted by molar-refractivity contribution is 0.349. The summed E-state index contributed by atoms with van der Waals surface area (Å²) in [6.07, 6.45) is 1.87. The van der Waals surface area contributed by atoms with E-state index < -0.39 is 10.0 Å². The van der Waals surface area contributed by atoms with Crippen LogP contribution < -0.4 is 10.0 Å². The summed E-state index contributed by atoms with van der Waals surface area (Å²) < 4.78 is 28.3. The van der Waals surface area contributed by atoms with Gasteiger partial charge in [0, 0.05) is 17.5 Å². The zero-order valence-electron chi connectivity index (χ0n) is 12.5. The van der Waals surface area contributed by atoms with E-state index in [9.17, 15) is 8.42 Å². The quantitative estimate of drug-likeness (QED) is 0.903. The largest absolute Gasteiger partial charge is 0.313 e. The van der Waals surface area contributed by atoms with Crippen molar-refractivity contribution in [3.63, 3.8) is 0 Å². The van der Waals surface area contributed by atoms with Gasteiger partial charge in [-0.15, -0.1) is 12.4 Å². The van der Waals surface area contributed by atoms with E-state index in [4.69, 9.17) is 0 Å². The normalized spacial score (nSPS) is 22.2. The Bertz CT molecular complexity index is 743. The summed E-state index contributed by atoms with van der Waals surface area (Å²) >= 11 is 0. The number of hydrogen-bond donors (Lipinski definition) is 2. The van der Waals surface area contributed by atoms with E-state index >= 15 is 0 Å². The molecule has 2 aromatic rings. The van der Waals surface area contributed by atoms with Crippen LogP contribution in [0, 0.1) is 0 Å². The van der Waals surface area contributed by atoms with Gasteiger partial charge in [0.25, 0.3) is 0 Å². The molecule has 0 aliphatic carbocycles. The molecule has 2 unspecified atom stereocenters. The van der Waals surface area contributed by atoms with E-state index in [-0.39, 0.29) is 24.5 Å². The van der Waals surface area contributed by atoms with Gasteiger partial charge in [0.2, 0.25) is 10.0 Å². The smallest absolute Gasteiger partial charge is 0.241 e. The minimum Gasteiger partial charge on any atom is -0.313 e. The first-order valence-corrected chi connectivity index (χ1v) is 8.80. The highest BCUT2D eigenvalue weighted by Crippen LogP contribution is 2.23. The van der Waals surface area contributed by atoms with Gasteiger partial charge in [-0.05, 0) is 37.8 Å². The van der Waals surface area contributed by atoms with Gasteiger partial charge in [-0.3, -0.25) is 0 Å². The molecule has 1 aliphatic rings. The highest BCUT2D eigenvalue weighted by molar-refractivity contribution is 7.89. The molecule has 0 amide bonds. The highest BCUT2D eigenvalue weighted by atomic mass is 35.5. The third-order valence-corrected chi connectivity index (χ3v) is 5.66. The van der Waals surface area contributed by atoms with E-state index in [2.05, 4.69) is 10.0 Å². The third kappa shape index (κ3) is 3.43. The van der Waals surface area contributed by atoms with Crippen molar-refractivity contribution in [2.45, 2.75) is 36.7 Å². The first-order chi connectivity index (χ1) is 10.1. The fourth-order valence-electron chi connectivity index (χ4n) is 2.90. The van der Waals surface area contributed by atoms with Gasteiger partial charge in [-0.2, -0.15) is 0 Å². The summed E-state index contributed by atoms with van der Waals surface area (Å²) in [5, 5.41) is 5.02. The number of sulfonamides is 1. The van der Waals surface area contributed by atoms with Gasteiger partial charge in [-0.1, -0.05) is 36.4 Å². The standard InChI is InChI=1S/C16H20N2O2S.ClH/c1-12-15(9-5-11-17-12)18-21(19,20)16-10-4-7-13-6-2-3-8-14(13)16;/h2-4,6-8,10,12,15,17-18H,5,9,11H2,1H3;1H. The van der Waals surface area contributed by atoms with E-state index in [1.807, 2.05) is 37.3 Å². The predicted octanol–water partition coefficient (Wildman–Crippen LogP) is 2.68. The molecule has 1 saturated heterocycles. The van der Waals surface area contributed by atoms with E-state index in [0.29, 0.717) is 4.90 Å². The monoisotopic (exact) mass is 340 g/mol. The second kappa shape index (κ2) is 6.96. The van der Waals surface area contributed by atoms with Crippen molar-refractivity contribution in [2.24, 2.45) is 0 Å². The molecule has 1 heterocycles. The minimum absolute atomic E-state index is 0. The van der Waals surface area contributed by atoms with Crippen LogP contribution in [-0.2, 0) is 10.0 Å². The van der Waals surface area contributed by atoms with Crippen LogP contribution in [0.2, 0.25) is 0 Å². The Hall–Kier alpha value is -1.14. The summed E-state index contributed by atoms with van der Waals surface area (Å²) in [6.45, 7) is 2.98. The average molecular weight is 341 g/mol. The topological polar surface area (TPSA) is 58.2 Å². The number of fused-ring (bicyclic) bond motifs is 1. The summed E-state index contributed by atoms with van der Waals surface area (Å²) in [6, 6.07) is 13.1. The molecule has 0 bridgehead atoms. The Morgan fingerprint density at radius 2 is 1.86 bits per heavy atom. The van der Waals surface area contributed by atoms with Crippen LogP contribution in [0.4, 0.5) is 0 Å². The number of halogens is 1. The molecular formula is C16H21ClN2O2S. The summed E-state index contributed by atoms with van der Waals surface area (Å²) in [5.41, 5.74) is 0. The van der Waals surface area contributed by atoms with Gasteiger partial charge in [0.1, 0.15) is 0 Å². The van der Waals surface area contributed by atoms with Crippen LogP contribution in [0.25, 0.3) is 10.8 Å². The second-order valence-corrected chi connectivity index (χ2v) is 7.27. The van der Waals surface area contributed by atoms with Gasteiger partial charge in [-0.25, -0.2) is 13.1 Å². The van der Waals surface area contributed by atoms with Gasteiger partial charge in [0.15, 0.2) is 0 Å². The first-order valence-electron chi connectivity index (χ1n) is 7.31. The Morgan fingerprint density at radius 1 is 1.14 bits per heavy atom. The highest BCUT2D eigenvalue weighted by Gasteiger charge is 2.27. The molecule has 6 heteroatoms. The van der Waals surface area contributed by atoms with Crippen molar-refractivity contribution in [2.75, 3.05) is 6.54 Å². The van der Waals surface area contributed by atoms with Crippen LogP contribution in [-0.4, -0.2) is 27.0 Å². The average Bonchev–Trinajstić information content (AvgIpc) is 2.49. The minimum atomic E-state index is -3.51. The van der Waals surface area contributed by atoms with Crippen LogP contribution in [0.5, 0.6) is 0 Å². The fourth-order valence-corrected chi connectivity index (χ4v) is 4.48. The van der Waals surface area contributed by atoms with E-state index in [0.717, 1.165) is 30.2 Å². The maximum Gasteiger partial charge on any atom is 0.241 e. The molecule has 2 aromatic carbocycles. The van der Waals surface area contributed by atoms with E-state index in [1.54, 1.807) is 12.1 Å². The third-order valence-electron chi connectivity index (χ3n) is 4.11. The lowest BCUT2D eigenvalue weighted by Crippen LogP contribution is -2.51. The van der Waals surface area contributed by atoms with Crippen LogP contribution in [0.15, 0.2) is 47.4 Å². The molecule has 3 rings (SSSR count). The van der Waals surface area contributed by atoms with Crippen molar-refractivity contribution in [3.8, 4) is 0 Å². The van der Waals surface area contributed by atoms with Gasteiger partial charge in [0.05, 0.1) is 4.90 Å². The molecule has 1 fully saturated rings. The lowest BCUT2D eigenvalue weighted by atomic mass is 10.0. The number of benzene rings is 2. The maximum atomic E-state index is 12.7. The number of nitrogens with one attached hydrogen (secondary N) is 2. The molecule has 4 nitrogen and oxygen atoms in total. The Balaban J connectivity index is 0.00000176. The Labute approximate surface area is 137 Å². The van der Waals surface area contributed by atoms with Gasteiger partial charge >= 0.3 is 0 Å². The van der Waals surface area contributed by atoms with Crippen LogP contribution in [0.1, 0.15) is 19.8 Å². The van der Waals surface area contributed by atoms with Crippen LogP contribution >= 0.6 is 12.4 Å². The number of piperidine rings is 1. The van der Waals surface area contributed by atoms with Crippen molar-refractivity contribution in [3.05, 3.63) is 42.5 Å². The summed E-state index contributed by atoms with van der Waals surface area (Å²) in [7, 11) is -3.51. The Kier molecular flexibility index (Phi) is 5.45. The van der Waals surface area contributed by atoms with Gasteiger partial charge < -0.3 is 5.32 Å². The molecule has 22 heavy (non-hydrogen) atoms. The first kappa shape index (κ1) is 17.2. The zero-order valence-corrected chi connectivity index (χ0v) is 14.1. The predicted molar refractivity (Wildman–Crippen MR) is 92.0 cm³/mol. The molecule has 0 spiro atoms. The van der Waals surface area contributed by atoms with E-state index in [1.165, 1.54) is 0 Å². The fraction of sp³-hybridized carbons (Fsp3) is 0.375. The number of hydrogen-bond acceptors (Lipinski definition) is 3. The Morgan fingerprint density at radius 3 is 2.64 bits per heavy atom. The summed E-state index contributed by atoms with van der Waals surface area (Å²) in [5.74, 6) is 0. The molecule has 2 N–H and O–H groups in total. The van der Waals surface area contributed by atoms with Crippen molar-refractivity contribution in [1.82, 2.24) is 10.0 Å². The van der Waals surface area contributed by atoms with Crippen LogP contribution in [0.3, 0.4) is 0 Å². The van der Waals surface area contributed by atoms with Crippen molar-refractivity contribution in [1.29, 1.82) is 0 Å². The van der Waals surface area contributed by atoms with Crippen molar-refractivity contribution < 1.29 is 8.42 Å². The SMILES string of the molecule is CC1NCCCC1NS(=O)(=O)c1cccc2ccccc12.Cl. The molecular weight excluding hydrogens is 320 g/mol. The molecule has 0 aromatic heterocycles. The summed E-state index contributed by atoms with van der Waals surface area (Å²) in [4.78, 5) is 0.360. The molecule has 1 aliphatic heterocycles. The molecule has 120 valence electrons. The number of rotatable bonds is 3.